The lowest BCUT2D eigenvalue weighted by Gasteiger charge is -2.20. The third kappa shape index (κ3) is 2.01. The van der Waals surface area contributed by atoms with E-state index < -0.39 is 11.4 Å². The summed E-state index contributed by atoms with van der Waals surface area (Å²) in [4.78, 5) is 15.3. The van der Waals surface area contributed by atoms with Crippen molar-refractivity contribution in [3.8, 4) is 11.3 Å². The lowest BCUT2D eigenvalue weighted by atomic mass is 9.84. The molecule has 0 saturated carbocycles. The summed E-state index contributed by atoms with van der Waals surface area (Å²) in [6.45, 7) is 3.41. The predicted octanol–water partition coefficient (Wildman–Crippen LogP) is 2.45. The van der Waals surface area contributed by atoms with E-state index in [4.69, 9.17) is 0 Å². The SMILES string of the molecule is Cn1cncc1-c1cccc(C(C)(C)C(=O)O)c1. The van der Waals surface area contributed by atoms with Crippen molar-refractivity contribution >= 4 is 5.97 Å². The lowest BCUT2D eigenvalue weighted by molar-refractivity contribution is -0.142. The van der Waals surface area contributed by atoms with Gasteiger partial charge in [-0.25, -0.2) is 4.98 Å². The van der Waals surface area contributed by atoms with Gasteiger partial charge in [-0.3, -0.25) is 4.79 Å². The molecule has 1 heterocycles. The van der Waals surface area contributed by atoms with Crippen LogP contribution >= 0.6 is 0 Å². The Balaban J connectivity index is 2.50. The molecule has 4 nitrogen and oxygen atoms in total. The molecule has 1 aromatic heterocycles. The maximum absolute atomic E-state index is 11.3. The fraction of sp³-hybridized carbons (Fsp3) is 0.286. The molecule has 18 heavy (non-hydrogen) atoms. The van der Waals surface area contributed by atoms with E-state index in [0.717, 1.165) is 16.8 Å². The number of carboxylic acids is 1. The molecule has 0 aliphatic heterocycles. The third-order valence-corrected chi connectivity index (χ3v) is 3.23. The Kier molecular flexibility index (Phi) is 2.95. The van der Waals surface area contributed by atoms with E-state index in [1.54, 1.807) is 26.4 Å². The van der Waals surface area contributed by atoms with Crippen molar-refractivity contribution < 1.29 is 9.90 Å². The first-order chi connectivity index (χ1) is 8.43. The summed E-state index contributed by atoms with van der Waals surface area (Å²) < 4.78 is 1.91. The van der Waals surface area contributed by atoms with Gasteiger partial charge in [-0.1, -0.05) is 18.2 Å². The zero-order valence-electron chi connectivity index (χ0n) is 10.7. The number of aryl methyl sites for hydroxylation is 1. The number of nitrogens with zero attached hydrogens (tertiary/aromatic N) is 2. The number of hydrogen-bond acceptors (Lipinski definition) is 2. The van der Waals surface area contributed by atoms with E-state index >= 15 is 0 Å². The first kappa shape index (κ1) is 12.4. The largest absolute Gasteiger partial charge is 0.481 e. The maximum Gasteiger partial charge on any atom is 0.313 e. The van der Waals surface area contributed by atoms with E-state index in [2.05, 4.69) is 4.98 Å². The molecule has 0 amide bonds. The van der Waals surface area contributed by atoms with Gasteiger partial charge in [0.05, 0.1) is 23.6 Å². The number of benzene rings is 1. The summed E-state index contributed by atoms with van der Waals surface area (Å²) >= 11 is 0. The first-order valence-electron chi connectivity index (χ1n) is 5.73. The third-order valence-electron chi connectivity index (χ3n) is 3.23. The smallest absolute Gasteiger partial charge is 0.313 e. The molecule has 1 N–H and O–H groups in total. The number of aromatic nitrogens is 2. The lowest BCUT2D eigenvalue weighted by Crippen LogP contribution is -2.28. The highest BCUT2D eigenvalue weighted by atomic mass is 16.4. The number of imidazole rings is 1. The topological polar surface area (TPSA) is 55.1 Å². The van der Waals surface area contributed by atoms with Crippen LogP contribution in [0.4, 0.5) is 0 Å². The van der Waals surface area contributed by atoms with Crippen LogP contribution in [0.2, 0.25) is 0 Å². The van der Waals surface area contributed by atoms with Crippen LogP contribution in [-0.2, 0) is 17.3 Å². The van der Waals surface area contributed by atoms with Gasteiger partial charge in [0.15, 0.2) is 0 Å². The van der Waals surface area contributed by atoms with Gasteiger partial charge in [0.25, 0.3) is 0 Å². The molecule has 0 fully saturated rings. The molecule has 0 atom stereocenters. The van der Waals surface area contributed by atoms with E-state index in [0.29, 0.717) is 0 Å². The fourth-order valence-corrected chi connectivity index (χ4v) is 1.83. The van der Waals surface area contributed by atoms with Crippen LogP contribution in [0.3, 0.4) is 0 Å². The van der Waals surface area contributed by atoms with Gasteiger partial charge in [-0.05, 0) is 25.5 Å². The van der Waals surface area contributed by atoms with E-state index in [1.807, 2.05) is 35.9 Å². The number of rotatable bonds is 3. The molecule has 0 radical (unpaired) electrons. The second kappa shape index (κ2) is 4.29. The average molecular weight is 244 g/mol. The molecular weight excluding hydrogens is 228 g/mol. The number of carbonyl (C=O) groups is 1. The van der Waals surface area contributed by atoms with Crippen LogP contribution < -0.4 is 0 Å². The summed E-state index contributed by atoms with van der Waals surface area (Å²) in [7, 11) is 1.91. The Morgan fingerprint density at radius 2 is 2.11 bits per heavy atom. The van der Waals surface area contributed by atoms with Gasteiger partial charge in [-0.15, -0.1) is 0 Å². The summed E-state index contributed by atoms with van der Waals surface area (Å²) in [6, 6.07) is 7.58. The summed E-state index contributed by atoms with van der Waals surface area (Å²) in [5, 5.41) is 9.25. The number of carboxylic acid groups (broad SMARTS) is 1. The molecule has 94 valence electrons. The molecular formula is C14H16N2O2. The summed E-state index contributed by atoms with van der Waals surface area (Å²) in [5.41, 5.74) is 1.84. The van der Waals surface area contributed by atoms with Gasteiger partial charge in [0.1, 0.15) is 0 Å². The molecule has 0 saturated heterocycles. The van der Waals surface area contributed by atoms with Crippen LogP contribution in [0.5, 0.6) is 0 Å². The molecule has 0 aliphatic carbocycles. The van der Waals surface area contributed by atoms with Crippen LogP contribution in [0.1, 0.15) is 19.4 Å². The monoisotopic (exact) mass is 244 g/mol. The minimum atomic E-state index is -0.894. The minimum absolute atomic E-state index is 0.786. The Morgan fingerprint density at radius 1 is 1.39 bits per heavy atom. The van der Waals surface area contributed by atoms with Crippen molar-refractivity contribution in [2.45, 2.75) is 19.3 Å². The molecule has 0 spiro atoms. The molecule has 0 bridgehead atoms. The van der Waals surface area contributed by atoms with Crippen molar-refractivity contribution in [2.24, 2.45) is 7.05 Å². The molecule has 1 aromatic carbocycles. The number of hydrogen-bond donors (Lipinski definition) is 1. The molecule has 2 aromatic rings. The van der Waals surface area contributed by atoms with Gasteiger partial charge in [-0.2, -0.15) is 0 Å². The molecule has 0 unspecified atom stereocenters. The second-order valence-electron chi connectivity index (χ2n) is 4.90. The van der Waals surface area contributed by atoms with Crippen molar-refractivity contribution in [3.05, 3.63) is 42.4 Å². The van der Waals surface area contributed by atoms with Crippen molar-refractivity contribution in [3.63, 3.8) is 0 Å². The number of aliphatic carboxylic acids is 1. The Morgan fingerprint density at radius 3 is 2.67 bits per heavy atom. The first-order valence-corrected chi connectivity index (χ1v) is 5.73. The van der Waals surface area contributed by atoms with Gasteiger partial charge in [0.2, 0.25) is 0 Å². The molecule has 0 aliphatic rings. The van der Waals surface area contributed by atoms with Crippen LogP contribution in [0.15, 0.2) is 36.8 Å². The average Bonchev–Trinajstić information content (AvgIpc) is 2.75. The minimum Gasteiger partial charge on any atom is -0.481 e. The van der Waals surface area contributed by atoms with E-state index in [9.17, 15) is 9.90 Å². The Hall–Kier alpha value is -2.10. The highest BCUT2D eigenvalue weighted by molar-refractivity contribution is 5.81. The van der Waals surface area contributed by atoms with Gasteiger partial charge < -0.3 is 9.67 Å². The molecule has 4 heteroatoms. The van der Waals surface area contributed by atoms with Crippen LogP contribution in [0.25, 0.3) is 11.3 Å². The summed E-state index contributed by atoms with van der Waals surface area (Å²) in [5.74, 6) is -0.829. The highest BCUT2D eigenvalue weighted by Gasteiger charge is 2.29. The van der Waals surface area contributed by atoms with Crippen molar-refractivity contribution in [2.75, 3.05) is 0 Å². The summed E-state index contributed by atoms with van der Waals surface area (Å²) in [6.07, 6.45) is 3.50. The Labute approximate surface area is 106 Å². The Bertz CT molecular complexity index is 585. The second-order valence-corrected chi connectivity index (χ2v) is 4.90. The standard InChI is InChI=1S/C14H16N2O2/c1-14(2,13(17)18)11-6-4-5-10(7-11)12-8-15-9-16(12)3/h4-9H,1-3H3,(H,17,18). The zero-order chi connectivity index (χ0) is 13.3. The van der Waals surface area contributed by atoms with E-state index in [-0.39, 0.29) is 0 Å². The maximum atomic E-state index is 11.3. The van der Waals surface area contributed by atoms with Crippen LogP contribution in [-0.4, -0.2) is 20.6 Å². The van der Waals surface area contributed by atoms with Crippen molar-refractivity contribution in [1.29, 1.82) is 0 Å². The normalized spacial score (nSPS) is 11.5. The van der Waals surface area contributed by atoms with Crippen molar-refractivity contribution in [1.82, 2.24) is 9.55 Å². The van der Waals surface area contributed by atoms with Gasteiger partial charge in [0, 0.05) is 12.6 Å². The van der Waals surface area contributed by atoms with Crippen LogP contribution in [0, 0.1) is 0 Å². The van der Waals surface area contributed by atoms with Gasteiger partial charge >= 0.3 is 5.97 Å². The fourth-order valence-electron chi connectivity index (χ4n) is 1.83. The zero-order valence-corrected chi connectivity index (χ0v) is 10.7. The van der Waals surface area contributed by atoms with E-state index in [1.165, 1.54) is 0 Å². The molecule has 2 rings (SSSR count). The highest BCUT2D eigenvalue weighted by Crippen LogP contribution is 2.27. The quantitative estimate of drug-likeness (QED) is 0.902. The predicted molar refractivity (Wildman–Crippen MR) is 69.3 cm³/mol.